The first kappa shape index (κ1) is 7.79. The topological polar surface area (TPSA) is 77.8 Å². The van der Waals surface area contributed by atoms with Gasteiger partial charge in [0.1, 0.15) is 5.82 Å². The van der Waals surface area contributed by atoms with Crippen molar-refractivity contribution in [3.8, 4) is 0 Å². The zero-order valence-electron chi connectivity index (χ0n) is 7.28. The van der Waals surface area contributed by atoms with Crippen LogP contribution in [0.5, 0.6) is 0 Å². The van der Waals surface area contributed by atoms with Gasteiger partial charge >= 0.3 is 0 Å². The Kier molecular flexibility index (Phi) is 1.55. The quantitative estimate of drug-likeness (QED) is 0.586. The minimum atomic E-state index is 0.413. The molecular weight excluding hydrogens is 164 g/mol. The highest BCUT2D eigenvalue weighted by atomic mass is 14.9. The van der Waals surface area contributed by atoms with Crippen LogP contribution in [0.25, 0.3) is 11.0 Å². The number of hydrogen-bond donors (Lipinski definition) is 2. The first-order valence-corrected chi connectivity index (χ1v) is 3.95. The fourth-order valence-electron chi connectivity index (χ4n) is 1.19. The number of fused-ring (bicyclic) bond motifs is 1. The van der Waals surface area contributed by atoms with Crippen molar-refractivity contribution in [2.75, 3.05) is 11.5 Å². The molecule has 13 heavy (non-hydrogen) atoms. The lowest BCUT2D eigenvalue weighted by molar-refractivity contribution is 1.29. The zero-order chi connectivity index (χ0) is 9.42. The van der Waals surface area contributed by atoms with Gasteiger partial charge in [0, 0.05) is 5.69 Å². The second kappa shape index (κ2) is 2.58. The molecule has 0 saturated heterocycles. The number of benzene rings is 1. The largest absolute Gasteiger partial charge is 0.398 e. The van der Waals surface area contributed by atoms with Crippen LogP contribution in [0.3, 0.4) is 0 Å². The minimum Gasteiger partial charge on any atom is -0.398 e. The van der Waals surface area contributed by atoms with E-state index in [0.717, 1.165) is 16.6 Å². The highest BCUT2D eigenvalue weighted by Gasteiger charge is 2.00. The van der Waals surface area contributed by atoms with Crippen molar-refractivity contribution in [2.45, 2.75) is 6.92 Å². The number of aryl methyl sites for hydroxylation is 1. The van der Waals surface area contributed by atoms with Gasteiger partial charge < -0.3 is 11.5 Å². The normalized spacial score (nSPS) is 10.5. The standard InChI is InChI=1S/C9H10N4/c1-5-2-7-8(3-6(5)10)13-9(11)4-12-7/h2-4H,10H2,1H3,(H2,11,13). The third kappa shape index (κ3) is 1.26. The molecule has 0 amide bonds. The van der Waals surface area contributed by atoms with E-state index in [4.69, 9.17) is 11.5 Å². The van der Waals surface area contributed by atoms with Gasteiger partial charge in [-0.05, 0) is 24.6 Å². The lowest BCUT2D eigenvalue weighted by atomic mass is 10.2. The summed E-state index contributed by atoms with van der Waals surface area (Å²) >= 11 is 0. The first-order chi connectivity index (χ1) is 6.16. The van der Waals surface area contributed by atoms with Crippen LogP contribution in [0.1, 0.15) is 5.56 Å². The van der Waals surface area contributed by atoms with Crippen LogP contribution < -0.4 is 11.5 Å². The van der Waals surface area contributed by atoms with E-state index >= 15 is 0 Å². The van der Waals surface area contributed by atoms with Crippen molar-refractivity contribution in [2.24, 2.45) is 0 Å². The molecule has 4 nitrogen and oxygen atoms in total. The van der Waals surface area contributed by atoms with Crippen LogP contribution in [0.4, 0.5) is 11.5 Å². The monoisotopic (exact) mass is 174 g/mol. The number of anilines is 2. The predicted octanol–water partition coefficient (Wildman–Crippen LogP) is 1.10. The van der Waals surface area contributed by atoms with Gasteiger partial charge in [0.25, 0.3) is 0 Å². The summed E-state index contributed by atoms with van der Waals surface area (Å²) in [4.78, 5) is 8.25. The van der Waals surface area contributed by atoms with Crippen molar-refractivity contribution < 1.29 is 0 Å². The minimum absolute atomic E-state index is 0.413. The van der Waals surface area contributed by atoms with Crippen LogP contribution in [0.2, 0.25) is 0 Å². The highest BCUT2D eigenvalue weighted by Crippen LogP contribution is 2.18. The lowest BCUT2D eigenvalue weighted by Gasteiger charge is -2.02. The van der Waals surface area contributed by atoms with E-state index in [1.807, 2.05) is 13.0 Å². The molecule has 0 aliphatic carbocycles. The van der Waals surface area contributed by atoms with Gasteiger partial charge in [-0.3, -0.25) is 4.98 Å². The molecule has 0 radical (unpaired) electrons. The Morgan fingerprint density at radius 2 is 1.92 bits per heavy atom. The smallest absolute Gasteiger partial charge is 0.142 e. The van der Waals surface area contributed by atoms with Crippen LogP contribution in [-0.2, 0) is 0 Å². The van der Waals surface area contributed by atoms with Crippen LogP contribution >= 0.6 is 0 Å². The molecule has 1 aromatic heterocycles. The molecule has 0 spiro atoms. The average molecular weight is 174 g/mol. The van der Waals surface area contributed by atoms with Gasteiger partial charge in [0.2, 0.25) is 0 Å². The average Bonchev–Trinajstić information content (AvgIpc) is 2.08. The summed E-state index contributed by atoms with van der Waals surface area (Å²) < 4.78 is 0. The Balaban J connectivity index is 2.81. The first-order valence-electron chi connectivity index (χ1n) is 3.95. The van der Waals surface area contributed by atoms with E-state index in [2.05, 4.69) is 9.97 Å². The molecule has 0 aliphatic rings. The van der Waals surface area contributed by atoms with Crippen molar-refractivity contribution in [1.82, 2.24) is 9.97 Å². The fourth-order valence-corrected chi connectivity index (χ4v) is 1.19. The maximum absolute atomic E-state index is 5.73. The summed E-state index contributed by atoms with van der Waals surface area (Å²) in [5.74, 6) is 0.413. The summed E-state index contributed by atoms with van der Waals surface area (Å²) in [6.07, 6.45) is 1.54. The number of nitrogens with zero attached hydrogens (tertiary/aromatic N) is 2. The second-order valence-corrected chi connectivity index (χ2v) is 2.99. The van der Waals surface area contributed by atoms with Gasteiger partial charge in [-0.2, -0.15) is 0 Å². The number of nitrogen functional groups attached to an aromatic ring is 2. The van der Waals surface area contributed by atoms with E-state index in [0.29, 0.717) is 11.5 Å². The van der Waals surface area contributed by atoms with Crippen LogP contribution in [0.15, 0.2) is 18.3 Å². The lowest BCUT2D eigenvalue weighted by Crippen LogP contribution is -1.95. The van der Waals surface area contributed by atoms with E-state index in [1.165, 1.54) is 6.20 Å². The molecule has 1 aromatic carbocycles. The summed E-state index contributed by atoms with van der Waals surface area (Å²) in [7, 11) is 0. The number of hydrogen-bond acceptors (Lipinski definition) is 4. The third-order valence-corrected chi connectivity index (χ3v) is 1.95. The highest BCUT2D eigenvalue weighted by molar-refractivity contribution is 5.80. The van der Waals surface area contributed by atoms with Crippen molar-refractivity contribution in [1.29, 1.82) is 0 Å². The van der Waals surface area contributed by atoms with E-state index in [9.17, 15) is 0 Å². The molecular formula is C9H10N4. The zero-order valence-corrected chi connectivity index (χ0v) is 7.28. The second-order valence-electron chi connectivity index (χ2n) is 2.99. The Morgan fingerprint density at radius 3 is 2.69 bits per heavy atom. The molecule has 2 aromatic rings. The Hall–Kier alpha value is -1.84. The molecule has 66 valence electrons. The Morgan fingerprint density at radius 1 is 1.15 bits per heavy atom. The third-order valence-electron chi connectivity index (χ3n) is 1.95. The molecule has 4 N–H and O–H groups in total. The summed E-state index contributed by atoms with van der Waals surface area (Å²) in [6, 6.07) is 3.69. The van der Waals surface area contributed by atoms with E-state index in [-0.39, 0.29) is 0 Å². The maximum Gasteiger partial charge on any atom is 0.142 e. The molecule has 0 aliphatic heterocycles. The SMILES string of the molecule is Cc1cc2ncc(N)nc2cc1N. The molecule has 4 heteroatoms. The maximum atomic E-state index is 5.73. The fraction of sp³-hybridized carbons (Fsp3) is 0.111. The molecule has 0 unspecified atom stereocenters. The van der Waals surface area contributed by atoms with Gasteiger partial charge in [-0.1, -0.05) is 0 Å². The van der Waals surface area contributed by atoms with E-state index < -0.39 is 0 Å². The van der Waals surface area contributed by atoms with Crippen molar-refractivity contribution in [3.63, 3.8) is 0 Å². The van der Waals surface area contributed by atoms with Crippen LogP contribution in [-0.4, -0.2) is 9.97 Å². The molecule has 0 saturated carbocycles. The molecule has 1 heterocycles. The Labute approximate surface area is 75.6 Å². The molecule has 0 bridgehead atoms. The van der Waals surface area contributed by atoms with Crippen LogP contribution in [0, 0.1) is 6.92 Å². The number of nitrogens with two attached hydrogens (primary N) is 2. The predicted molar refractivity (Wildman–Crippen MR) is 53.1 cm³/mol. The van der Waals surface area contributed by atoms with Gasteiger partial charge in [0.15, 0.2) is 0 Å². The number of rotatable bonds is 0. The van der Waals surface area contributed by atoms with Crippen molar-refractivity contribution in [3.05, 3.63) is 23.9 Å². The summed E-state index contributed by atoms with van der Waals surface area (Å²) in [6.45, 7) is 1.94. The number of aromatic nitrogens is 2. The molecule has 2 rings (SSSR count). The van der Waals surface area contributed by atoms with E-state index in [1.54, 1.807) is 6.07 Å². The van der Waals surface area contributed by atoms with Crippen molar-refractivity contribution >= 4 is 22.5 Å². The molecule has 0 atom stereocenters. The Bertz CT molecular complexity index is 464. The van der Waals surface area contributed by atoms with Gasteiger partial charge in [-0.25, -0.2) is 4.98 Å². The summed E-state index contributed by atoms with van der Waals surface area (Å²) in [5.41, 5.74) is 14.5. The summed E-state index contributed by atoms with van der Waals surface area (Å²) in [5, 5.41) is 0. The van der Waals surface area contributed by atoms with Gasteiger partial charge in [-0.15, -0.1) is 0 Å². The van der Waals surface area contributed by atoms with Gasteiger partial charge in [0.05, 0.1) is 17.2 Å². The molecule has 0 fully saturated rings.